The molecule has 66 heavy (non-hydrogen) atoms. The molecule has 0 heterocycles. The molecule has 0 N–H and O–H groups in total. The third-order valence-corrected chi connectivity index (χ3v) is 18.0. The Bertz CT molecular complexity index is 2930. The van der Waals surface area contributed by atoms with Gasteiger partial charge in [0, 0.05) is 11.3 Å². The quantitative estimate of drug-likeness (QED) is 0.0871. The number of rotatable bonds is 7. The van der Waals surface area contributed by atoms with Crippen LogP contribution >= 0.6 is 14.0 Å². The van der Waals surface area contributed by atoms with E-state index >= 15 is 0 Å². The molecular formula is C55H53F6P2PdSSb+. The van der Waals surface area contributed by atoms with Gasteiger partial charge in [-0.1, -0.05) is 202 Å². The number of halogens is 6. The van der Waals surface area contributed by atoms with Gasteiger partial charge in [0.05, 0.1) is 0 Å². The average molecular weight is 1150 g/mol. The van der Waals surface area contributed by atoms with Gasteiger partial charge < -0.3 is 0 Å². The topological polar surface area (TPSA) is 0 Å². The van der Waals surface area contributed by atoms with Crippen LogP contribution in [0.5, 0.6) is 0 Å². The molecule has 0 nitrogen and oxygen atoms in total. The summed E-state index contributed by atoms with van der Waals surface area (Å²) in [5.74, 6) is 0. The Labute approximate surface area is 409 Å². The van der Waals surface area contributed by atoms with Crippen molar-refractivity contribution in [3.05, 3.63) is 210 Å². The normalized spacial score (nSPS) is 12.6. The number of hydrogen-bond donors (Lipinski definition) is 0. The summed E-state index contributed by atoms with van der Waals surface area (Å²) in [7, 11) is -0.983. The van der Waals surface area contributed by atoms with E-state index in [9.17, 15) is 16.9 Å². The van der Waals surface area contributed by atoms with Crippen molar-refractivity contribution < 1.29 is 37.3 Å². The number of benzene rings is 8. The van der Waals surface area contributed by atoms with E-state index in [1.807, 2.05) is 0 Å². The van der Waals surface area contributed by atoms with Gasteiger partial charge >= 0.3 is 56.8 Å². The van der Waals surface area contributed by atoms with Gasteiger partial charge in [0.15, 0.2) is 0 Å². The molecule has 0 aliphatic carbocycles. The van der Waals surface area contributed by atoms with Crippen molar-refractivity contribution >= 4 is 98.6 Å². The fourth-order valence-corrected chi connectivity index (χ4v) is 16.0. The van der Waals surface area contributed by atoms with Crippen LogP contribution in [0.25, 0.3) is 32.7 Å². The zero-order valence-corrected chi connectivity index (χ0v) is 44.9. The average Bonchev–Trinajstić information content (AvgIpc) is 3.18. The number of aryl methyl sites for hydroxylation is 8. The first-order chi connectivity index (χ1) is 30.2. The second-order valence-electron chi connectivity index (χ2n) is 16.9. The maximum absolute atomic E-state index is 11.2. The minimum atomic E-state index is -11.2. The molecule has 345 valence electrons. The summed E-state index contributed by atoms with van der Waals surface area (Å²) in [6, 6.07) is 53.1. The standard InChI is InChI=1S/C52H48P2S.C3H5.6FH.Pd.Sb/c1-33-21-34(2)26-43(25-33)53(44-27-35(3)22-36(4)28-44)49-19-17-41-13-9-11-15-47(41)51(49)52-48-16-12-10-14-42(48)18-20-50(52)54(55,45-29-37(5)23-38(6)30-45)46-31-39(7)24-40(8)32-46;1-3-2;;;;;;;;/h9-32H,1-8H3;3H,1-2H2;6*1H;;/q;;;;;;;;+2;+5/p-6. The fraction of sp³-hybridized carbons (Fsp3) is 0.145. The molecule has 11 heteroatoms. The summed E-state index contributed by atoms with van der Waals surface area (Å²) < 4.78 is 59.6. The minimum Gasteiger partial charge on any atom is 2.00 e. The molecule has 0 saturated carbocycles. The van der Waals surface area contributed by atoms with Gasteiger partial charge in [-0.2, -0.15) is 0 Å². The van der Waals surface area contributed by atoms with Gasteiger partial charge in [-0.05, 0) is 143 Å². The Hall–Kier alpha value is -3.58. The summed E-state index contributed by atoms with van der Waals surface area (Å²) >= 11 is -3.86. The molecule has 8 aromatic rings. The third kappa shape index (κ3) is 13.3. The first kappa shape index (κ1) is 53.4. The molecule has 0 aromatic heterocycles. The number of fused-ring (bicyclic) bond motifs is 2. The molecule has 0 unspecified atom stereocenters. The summed E-state index contributed by atoms with van der Waals surface area (Å²) in [6.07, 6.45) is 1.50. The number of hydrogen-bond acceptors (Lipinski definition) is 1. The van der Waals surface area contributed by atoms with Crippen LogP contribution in [0.2, 0.25) is 0 Å². The van der Waals surface area contributed by atoms with Crippen molar-refractivity contribution in [3.63, 3.8) is 0 Å². The van der Waals surface area contributed by atoms with E-state index in [1.165, 1.54) is 115 Å². The zero-order chi connectivity index (χ0) is 47.7. The summed E-state index contributed by atoms with van der Waals surface area (Å²) in [6.45, 7) is 24.3. The molecular weight excluding hydrogens is 1100 g/mol. The van der Waals surface area contributed by atoms with Crippen LogP contribution in [-0.4, -0.2) is 19.5 Å². The Morgan fingerprint density at radius 3 is 1.12 bits per heavy atom. The van der Waals surface area contributed by atoms with Crippen LogP contribution in [0.4, 0.5) is 16.9 Å². The summed E-state index contributed by atoms with van der Waals surface area (Å²) in [5, 5.41) is 12.8. The van der Waals surface area contributed by atoms with Gasteiger partial charge in [-0.15, -0.1) is 0 Å². The van der Waals surface area contributed by atoms with Crippen LogP contribution < -0.4 is 31.8 Å². The van der Waals surface area contributed by atoms with Crippen molar-refractivity contribution in [3.8, 4) is 11.1 Å². The maximum atomic E-state index is 9.93. The molecule has 8 aromatic carbocycles. The van der Waals surface area contributed by atoms with Gasteiger partial charge in [-0.3, -0.25) is 0 Å². The van der Waals surface area contributed by atoms with Crippen molar-refractivity contribution in [2.45, 2.75) is 55.4 Å². The molecule has 0 amide bonds. The van der Waals surface area contributed by atoms with Crippen LogP contribution in [0, 0.1) is 75.7 Å². The van der Waals surface area contributed by atoms with E-state index in [1.54, 1.807) is 0 Å². The van der Waals surface area contributed by atoms with Crippen molar-refractivity contribution in [1.82, 2.24) is 0 Å². The Kier molecular flexibility index (Phi) is 16.3. The first-order valence-electron chi connectivity index (χ1n) is 21.0. The van der Waals surface area contributed by atoms with Crippen molar-refractivity contribution in [2.75, 3.05) is 0 Å². The molecule has 0 atom stereocenters. The van der Waals surface area contributed by atoms with E-state index in [4.69, 9.17) is 11.8 Å². The van der Waals surface area contributed by atoms with Crippen LogP contribution in [-0.2, 0) is 32.2 Å². The molecule has 0 aliphatic rings. The first-order valence-corrected chi connectivity index (χ1v) is 30.9. The SMILES string of the molecule is Cc1cc(C)cc(P(c2cc(C)cc(C)c2)c2ccc3ccccc3c2-c2c(P(=S)(c3cc(C)cc(C)c3)c3cc(C)cc(C)c3)ccc3ccccc23)c1.[CH2][CH][CH2].[F][Sb-]([F])([F])([F])([F])[F].[Pd+2]. The summed E-state index contributed by atoms with van der Waals surface area (Å²) in [5.41, 5.74) is 12.7. The second kappa shape index (κ2) is 20.2. The molecule has 3 radical (unpaired) electrons. The Morgan fingerprint density at radius 1 is 0.455 bits per heavy atom. The minimum absolute atomic E-state index is 0. The molecule has 0 aliphatic heterocycles. The third-order valence-electron chi connectivity index (χ3n) is 10.7. The van der Waals surface area contributed by atoms with E-state index in [-0.39, 0.29) is 20.4 Å². The Balaban J connectivity index is 0.000000673. The molecule has 8 rings (SSSR count). The molecule has 0 saturated heterocycles. The van der Waals surface area contributed by atoms with Crippen LogP contribution in [0.15, 0.2) is 146 Å². The molecule has 0 spiro atoms. The van der Waals surface area contributed by atoms with E-state index in [0.717, 1.165) is 0 Å². The fourth-order valence-electron chi connectivity index (χ4n) is 8.77. The zero-order valence-electron chi connectivity index (χ0n) is 38.2. The predicted molar refractivity (Wildman–Crippen MR) is 277 cm³/mol. The predicted octanol–water partition coefficient (Wildman–Crippen LogP) is 14.6. The van der Waals surface area contributed by atoms with E-state index in [0.29, 0.717) is 0 Å². The van der Waals surface area contributed by atoms with Crippen molar-refractivity contribution in [2.24, 2.45) is 0 Å². The maximum Gasteiger partial charge on any atom is 2.00 e. The van der Waals surface area contributed by atoms with E-state index < -0.39 is 33.4 Å². The Morgan fingerprint density at radius 2 is 0.758 bits per heavy atom. The smallest absolute Gasteiger partial charge is 2.00 e. The van der Waals surface area contributed by atoms with Gasteiger partial charge in [0.25, 0.3) is 0 Å². The molecule has 0 fully saturated rings. The largest absolute Gasteiger partial charge is 2.00 e. The van der Waals surface area contributed by atoms with Crippen molar-refractivity contribution in [1.29, 1.82) is 0 Å². The van der Waals surface area contributed by atoms with Crippen LogP contribution in [0.3, 0.4) is 0 Å². The monoisotopic (exact) mass is 1150 g/mol. The van der Waals surface area contributed by atoms with Crippen LogP contribution in [0.1, 0.15) is 44.5 Å². The van der Waals surface area contributed by atoms with Gasteiger partial charge in [0.1, 0.15) is 0 Å². The van der Waals surface area contributed by atoms with Gasteiger partial charge in [-0.25, -0.2) is 0 Å². The summed E-state index contributed by atoms with van der Waals surface area (Å²) in [4.78, 5) is 0. The molecule has 0 bridgehead atoms. The van der Waals surface area contributed by atoms with Gasteiger partial charge in [0.2, 0.25) is 0 Å². The van der Waals surface area contributed by atoms with E-state index in [2.05, 4.69) is 215 Å². The second-order valence-corrected chi connectivity index (χ2v) is 29.0.